The first-order valence-electron chi connectivity index (χ1n) is 8.88. The number of carbonyl (C=O) groups is 3. The van der Waals surface area contributed by atoms with Crippen LogP contribution in [0.4, 0.5) is 10.5 Å². The quantitative estimate of drug-likeness (QED) is 0.713. The molecule has 0 spiro atoms. The molecule has 0 unspecified atom stereocenters. The fourth-order valence-electron chi connectivity index (χ4n) is 3.32. The van der Waals surface area contributed by atoms with E-state index in [4.69, 9.17) is 0 Å². The second-order valence-electron chi connectivity index (χ2n) is 6.79. The Kier molecular flexibility index (Phi) is 4.75. The van der Waals surface area contributed by atoms with E-state index in [1.165, 1.54) is 9.47 Å². The Balaban J connectivity index is 1.55. The number of aromatic nitrogens is 2. The number of nitrogens with zero attached hydrogens (tertiary/aromatic N) is 3. The van der Waals surface area contributed by atoms with Gasteiger partial charge in [-0.15, -0.1) is 0 Å². The van der Waals surface area contributed by atoms with Crippen molar-refractivity contribution >= 4 is 45.5 Å². The number of hydrogen-bond acceptors (Lipinski definition) is 5. The molecule has 3 amide bonds. The number of hydrogen-bond donors (Lipinski definition) is 1. The first-order chi connectivity index (χ1) is 13.8. The molecule has 0 bridgehead atoms. The van der Waals surface area contributed by atoms with Crippen LogP contribution in [-0.4, -0.2) is 36.8 Å². The van der Waals surface area contributed by atoms with Crippen LogP contribution in [0, 0.1) is 0 Å². The number of nitrogens with one attached hydrogen (secondary N) is 1. The van der Waals surface area contributed by atoms with Gasteiger partial charge in [0.1, 0.15) is 0 Å². The highest BCUT2D eigenvalue weighted by Gasteiger charge is 2.29. The lowest BCUT2D eigenvalue weighted by Crippen LogP contribution is -2.28. The lowest BCUT2D eigenvalue weighted by atomic mass is 10.1. The fraction of sp³-hybridized carbons (Fsp3) is 0.200. The van der Waals surface area contributed by atoms with Gasteiger partial charge < -0.3 is 5.32 Å². The van der Waals surface area contributed by atoms with Crippen molar-refractivity contribution in [2.45, 2.75) is 6.54 Å². The summed E-state index contributed by atoms with van der Waals surface area (Å²) < 4.78 is 3.07. The Bertz CT molecular complexity index is 1210. The number of fused-ring (bicyclic) bond motifs is 1. The average Bonchev–Trinajstić information content (AvgIpc) is 3.14. The minimum atomic E-state index is -0.319. The van der Waals surface area contributed by atoms with Gasteiger partial charge in [0.15, 0.2) is 0 Å². The maximum atomic E-state index is 12.7. The van der Waals surface area contributed by atoms with Gasteiger partial charge in [-0.25, -0.2) is 4.79 Å². The smallest absolute Gasteiger partial charge is 0.322 e. The van der Waals surface area contributed by atoms with Gasteiger partial charge in [-0.2, -0.15) is 0 Å². The third-order valence-electron chi connectivity index (χ3n) is 4.90. The van der Waals surface area contributed by atoms with E-state index < -0.39 is 0 Å². The van der Waals surface area contributed by atoms with E-state index in [1.807, 2.05) is 0 Å². The van der Waals surface area contributed by atoms with Crippen molar-refractivity contribution in [2.24, 2.45) is 14.1 Å². The highest BCUT2D eigenvalue weighted by atomic mass is 32.2. The van der Waals surface area contributed by atoms with E-state index in [1.54, 1.807) is 61.1 Å². The molecule has 1 N–H and O–H groups in total. The molecular formula is C20H18N4O4S. The topological polar surface area (TPSA) is 93.4 Å². The van der Waals surface area contributed by atoms with Crippen molar-refractivity contribution in [1.82, 2.24) is 14.0 Å². The maximum absolute atomic E-state index is 12.7. The normalized spacial score (nSPS) is 14.1. The summed E-state index contributed by atoms with van der Waals surface area (Å²) in [7, 11) is 3.38. The van der Waals surface area contributed by atoms with Gasteiger partial charge in [-0.05, 0) is 35.9 Å². The molecule has 1 aliphatic rings. The van der Waals surface area contributed by atoms with Crippen LogP contribution in [0.3, 0.4) is 0 Å². The van der Waals surface area contributed by atoms with E-state index in [9.17, 15) is 19.2 Å². The van der Waals surface area contributed by atoms with Crippen LogP contribution in [0.2, 0.25) is 0 Å². The predicted octanol–water partition coefficient (Wildman–Crippen LogP) is 2.32. The van der Waals surface area contributed by atoms with Crippen molar-refractivity contribution in [3.05, 3.63) is 64.1 Å². The van der Waals surface area contributed by atoms with Crippen LogP contribution in [0.1, 0.15) is 15.9 Å². The largest absolute Gasteiger partial charge is 0.328 e. The molecule has 29 heavy (non-hydrogen) atoms. The van der Waals surface area contributed by atoms with Crippen molar-refractivity contribution in [1.29, 1.82) is 0 Å². The second kappa shape index (κ2) is 7.25. The zero-order valence-electron chi connectivity index (χ0n) is 15.8. The van der Waals surface area contributed by atoms with E-state index in [2.05, 4.69) is 5.32 Å². The molecule has 4 rings (SSSR count). The lowest BCUT2D eigenvalue weighted by Gasteiger charge is -2.13. The van der Waals surface area contributed by atoms with E-state index >= 15 is 0 Å². The third-order valence-corrected chi connectivity index (χ3v) is 5.76. The van der Waals surface area contributed by atoms with Crippen LogP contribution in [0.5, 0.6) is 0 Å². The number of benzene rings is 2. The van der Waals surface area contributed by atoms with Gasteiger partial charge in [-0.3, -0.25) is 28.4 Å². The van der Waals surface area contributed by atoms with Crippen LogP contribution >= 0.6 is 11.8 Å². The van der Waals surface area contributed by atoms with Crippen LogP contribution in [0.25, 0.3) is 11.0 Å². The highest BCUT2D eigenvalue weighted by molar-refractivity contribution is 8.14. The Morgan fingerprint density at radius 1 is 1.03 bits per heavy atom. The summed E-state index contributed by atoms with van der Waals surface area (Å²) in [5, 5.41) is 2.56. The molecule has 8 nitrogen and oxygen atoms in total. The number of anilines is 1. The lowest BCUT2D eigenvalue weighted by molar-refractivity contribution is -0.125. The number of amides is 3. The monoisotopic (exact) mass is 410 g/mol. The number of imidazole rings is 1. The van der Waals surface area contributed by atoms with Gasteiger partial charge in [-0.1, -0.05) is 23.9 Å². The Morgan fingerprint density at radius 2 is 1.79 bits per heavy atom. The summed E-state index contributed by atoms with van der Waals surface area (Å²) in [6.45, 7) is 0.143. The molecule has 0 atom stereocenters. The molecule has 0 saturated carbocycles. The number of thioether (sulfide) groups is 1. The predicted molar refractivity (Wildman–Crippen MR) is 111 cm³/mol. The Hall–Kier alpha value is -3.33. The fourth-order valence-corrected chi connectivity index (χ4v) is 4.04. The van der Waals surface area contributed by atoms with Crippen LogP contribution in [0.15, 0.2) is 47.3 Å². The molecule has 1 aliphatic heterocycles. The summed E-state index contributed by atoms with van der Waals surface area (Å²) in [4.78, 5) is 49.5. The number of aryl methyl sites for hydroxylation is 2. The van der Waals surface area contributed by atoms with Gasteiger partial charge in [0.2, 0.25) is 5.91 Å². The summed E-state index contributed by atoms with van der Waals surface area (Å²) in [5.74, 6) is -0.388. The van der Waals surface area contributed by atoms with E-state index in [0.717, 1.165) is 17.3 Å². The molecular weight excluding hydrogens is 392 g/mol. The van der Waals surface area contributed by atoms with Crippen molar-refractivity contribution < 1.29 is 14.4 Å². The molecule has 9 heteroatoms. The zero-order chi connectivity index (χ0) is 20.7. The summed E-state index contributed by atoms with van der Waals surface area (Å²) in [5.41, 5.74) is 3.03. The molecule has 0 radical (unpaired) electrons. The first-order valence-corrected chi connectivity index (χ1v) is 9.86. The highest BCUT2D eigenvalue weighted by Crippen LogP contribution is 2.22. The average molecular weight is 410 g/mol. The summed E-state index contributed by atoms with van der Waals surface area (Å²) in [6.07, 6.45) is 0. The van der Waals surface area contributed by atoms with Crippen LogP contribution < -0.4 is 11.0 Å². The Morgan fingerprint density at radius 3 is 2.52 bits per heavy atom. The van der Waals surface area contributed by atoms with Gasteiger partial charge in [0.25, 0.3) is 11.1 Å². The van der Waals surface area contributed by atoms with Crippen molar-refractivity contribution in [2.75, 3.05) is 11.1 Å². The van der Waals surface area contributed by atoms with Gasteiger partial charge in [0.05, 0.1) is 23.3 Å². The molecule has 2 heterocycles. The molecule has 3 aromatic rings. The summed E-state index contributed by atoms with van der Waals surface area (Å²) in [6, 6.07) is 12.1. The Labute approximate surface area is 170 Å². The van der Waals surface area contributed by atoms with Gasteiger partial charge in [0, 0.05) is 25.3 Å². The number of rotatable bonds is 4. The van der Waals surface area contributed by atoms with Crippen molar-refractivity contribution in [3.8, 4) is 0 Å². The van der Waals surface area contributed by atoms with Gasteiger partial charge >= 0.3 is 5.69 Å². The first kappa shape index (κ1) is 19.0. The zero-order valence-corrected chi connectivity index (χ0v) is 16.7. The minimum Gasteiger partial charge on any atom is -0.322 e. The molecule has 1 fully saturated rings. The van der Waals surface area contributed by atoms with E-state index in [0.29, 0.717) is 22.3 Å². The molecule has 2 aromatic carbocycles. The van der Waals surface area contributed by atoms with Crippen LogP contribution in [-0.2, 0) is 25.4 Å². The second-order valence-corrected chi connectivity index (χ2v) is 7.72. The number of carbonyl (C=O) groups excluding carboxylic acids is 3. The molecule has 0 aliphatic carbocycles. The SMILES string of the molecule is Cn1c(=O)n(C)c2cc(NC(=O)c3cccc(CN4C(=O)CSC4=O)c3)ccc21. The third kappa shape index (κ3) is 3.44. The minimum absolute atomic E-state index is 0.139. The number of imide groups is 1. The molecule has 1 saturated heterocycles. The molecule has 148 valence electrons. The summed E-state index contributed by atoms with van der Waals surface area (Å²) >= 11 is 0.982. The standard InChI is InChI=1S/C20H18N4O4S/c1-22-15-7-6-14(9-16(15)23(2)19(22)27)21-18(26)13-5-3-4-12(8-13)10-24-17(25)11-29-20(24)28/h3-9H,10-11H2,1-2H3,(H,21,26). The maximum Gasteiger partial charge on any atom is 0.328 e. The molecule has 1 aromatic heterocycles. The van der Waals surface area contributed by atoms with E-state index in [-0.39, 0.29) is 35.0 Å². The van der Waals surface area contributed by atoms with Crippen molar-refractivity contribution in [3.63, 3.8) is 0 Å².